The molecule has 0 spiro atoms. The molecule has 0 aromatic heterocycles. The minimum absolute atomic E-state index is 0. The lowest BCUT2D eigenvalue weighted by molar-refractivity contribution is -0.141. The quantitative estimate of drug-likeness (QED) is 0.621. The van der Waals surface area contributed by atoms with Gasteiger partial charge >= 0.3 is 11.9 Å². The Hall–Kier alpha value is -2.44. The van der Waals surface area contributed by atoms with E-state index in [1.165, 1.54) is 24.3 Å². The normalized spacial score (nSPS) is 19.3. The molecule has 6 N–H and O–H groups in total. The summed E-state index contributed by atoms with van der Waals surface area (Å²) in [5.41, 5.74) is 11.3. The third-order valence-electron chi connectivity index (χ3n) is 3.15. The van der Waals surface area contributed by atoms with Gasteiger partial charge in [0.2, 0.25) is 0 Å². The first-order valence-electron chi connectivity index (χ1n) is 5.86. The molecular weight excluding hydrogens is 272 g/mol. The molecule has 0 aliphatic heterocycles. The molecule has 1 unspecified atom stereocenters. The van der Waals surface area contributed by atoms with E-state index in [2.05, 4.69) is 0 Å². The molecule has 2 rings (SSSR count). The van der Waals surface area contributed by atoms with E-state index in [-0.39, 0.29) is 13.0 Å². The van der Waals surface area contributed by atoms with Crippen molar-refractivity contribution in [2.45, 2.75) is 13.1 Å². The van der Waals surface area contributed by atoms with E-state index in [1.807, 2.05) is 0 Å². The Morgan fingerprint density at radius 1 is 1.19 bits per heavy atom. The van der Waals surface area contributed by atoms with Crippen LogP contribution in [0.1, 0.15) is 23.3 Å². The van der Waals surface area contributed by atoms with E-state index >= 15 is 0 Å². The molecule has 0 bridgehead atoms. The zero-order valence-corrected chi connectivity index (χ0v) is 10.5. The molecule has 112 valence electrons. The van der Waals surface area contributed by atoms with Gasteiger partial charge in [0.25, 0.3) is 0 Å². The number of hydrogen-bond acceptors (Lipinski definition) is 4. The first kappa shape index (κ1) is 16.6. The van der Waals surface area contributed by atoms with Crippen LogP contribution in [0.4, 0.5) is 0 Å². The Morgan fingerprint density at radius 3 is 2.43 bits per heavy atom. The highest BCUT2D eigenvalue weighted by Gasteiger charge is 2.35. The van der Waals surface area contributed by atoms with Gasteiger partial charge in [-0.1, -0.05) is 31.7 Å². The van der Waals surface area contributed by atoms with Crippen molar-refractivity contribution in [2.75, 3.05) is 0 Å². The summed E-state index contributed by atoms with van der Waals surface area (Å²) in [6.07, 6.45) is 4.44. The first-order valence-corrected chi connectivity index (χ1v) is 5.86. The molecule has 1 aliphatic carbocycles. The van der Waals surface area contributed by atoms with Crippen molar-refractivity contribution in [3.05, 3.63) is 53.6 Å². The largest absolute Gasteiger partial charge is 0.481 e. The predicted octanol–water partition coefficient (Wildman–Crippen LogP) is 1.29. The van der Waals surface area contributed by atoms with E-state index in [9.17, 15) is 9.59 Å². The summed E-state index contributed by atoms with van der Waals surface area (Å²) in [6.45, 7) is 0. The van der Waals surface area contributed by atoms with Crippen molar-refractivity contribution in [3.63, 3.8) is 0 Å². The minimum Gasteiger partial charge on any atom is -0.481 e. The highest BCUT2D eigenvalue weighted by Crippen LogP contribution is 2.28. The van der Waals surface area contributed by atoms with Gasteiger partial charge in [-0.05, 0) is 29.3 Å². The summed E-state index contributed by atoms with van der Waals surface area (Å²) in [5, 5.41) is 18.1. The van der Waals surface area contributed by atoms with Crippen LogP contribution in [0, 0.1) is 5.92 Å². The maximum absolute atomic E-state index is 11.2. The van der Waals surface area contributed by atoms with Gasteiger partial charge in [0.1, 0.15) is 11.6 Å². The topological polar surface area (TPSA) is 127 Å². The van der Waals surface area contributed by atoms with Crippen molar-refractivity contribution in [3.8, 4) is 0 Å². The maximum atomic E-state index is 11.2. The third-order valence-corrected chi connectivity index (χ3v) is 3.15. The van der Waals surface area contributed by atoms with Gasteiger partial charge in [-0.25, -0.2) is 4.79 Å². The van der Waals surface area contributed by atoms with E-state index in [4.69, 9.17) is 21.7 Å². The summed E-state index contributed by atoms with van der Waals surface area (Å²) in [7, 11) is 0. The second kappa shape index (κ2) is 5.90. The second-order valence-electron chi connectivity index (χ2n) is 4.66. The lowest BCUT2D eigenvalue weighted by Gasteiger charge is -2.29. The summed E-state index contributed by atoms with van der Waals surface area (Å²) < 4.78 is 0. The van der Waals surface area contributed by atoms with E-state index in [0.717, 1.165) is 0 Å². The number of aromatic carboxylic acids is 1. The van der Waals surface area contributed by atoms with Gasteiger partial charge < -0.3 is 21.7 Å². The fraction of sp³-hybridized carbons (Fsp3) is 0.200. The van der Waals surface area contributed by atoms with Crippen LogP contribution in [0.15, 0.2) is 42.5 Å². The average molecular weight is 290 g/mol. The molecule has 0 amide bonds. The molecule has 0 radical (unpaired) electrons. The van der Waals surface area contributed by atoms with E-state index < -0.39 is 23.5 Å². The van der Waals surface area contributed by atoms with Gasteiger partial charge in [0.05, 0.1) is 5.56 Å². The number of nitrogens with two attached hydrogens (primary N) is 2. The van der Waals surface area contributed by atoms with Crippen LogP contribution >= 0.6 is 0 Å². The summed E-state index contributed by atoms with van der Waals surface area (Å²) >= 11 is 0. The third kappa shape index (κ3) is 3.36. The number of allylic oxidation sites excluding steroid dienone is 2. The van der Waals surface area contributed by atoms with Crippen LogP contribution in [0.3, 0.4) is 0 Å². The van der Waals surface area contributed by atoms with Crippen molar-refractivity contribution >= 4 is 17.5 Å². The van der Waals surface area contributed by atoms with Crippen LogP contribution in [0.2, 0.25) is 0 Å². The van der Waals surface area contributed by atoms with E-state index in [1.54, 1.807) is 18.2 Å². The molecule has 1 aromatic carbocycles. The monoisotopic (exact) mass is 290 g/mol. The van der Waals surface area contributed by atoms with Crippen molar-refractivity contribution in [2.24, 2.45) is 17.4 Å². The molecule has 0 saturated carbocycles. The highest BCUT2D eigenvalue weighted by molar-refractivity contribution is 5.90. The van der Waals surface area contributed by atoms with Crippen LogP contribution in [-0.2, 0) is 4.79 Å². The molecule has 6 nitrogen and oxygen atoms in total. The smallest absolute Gasteiger partial charge is 0.335 e. The number of aliphatic carboxylic acids is 1. The molecule has 6 heteroatoms. The Kier molecular flexibility index (Phi) is 4.67. The molecule has 0 heterocycles. The predicted molar refractivity (Wildman–Crippen MR) is 79.5 cm³/mol. The van der Waals surface area contributed by atoms with Gasteiger partial charge in [-0.15, -0.1) is 0 Å². The van der Waals surface area contributed by atoms with Gasteiger partial charge in [-0.2, -0.15) is 0 Å². The maximum Gasteiger partial charge on any atom is 0.335 e. The lowest BCUT2D eigenvalue weighted by Crippen LogP contribution is -2.56. The molecule has 1 aliphatic rings. The number of carbonyl (C=O) groups is 2. The number of rotatable bonds is 3. The number of carboxylic acids is 2. The molecule has 0 saturated heterocycles. The standard InChI is InChI=1S/C14H14N2O4.CH4/c15-14(16)5-4-9(7-11(14)13(19)20)8-2-1-3-10(6-8)12(17)18;/h1-7,11H,15-16H2,(H,17,18)(H,19,20);1H4. The first-order chi connectivity index (χ1) is 9.31. The summed E-state index contributed by atoms with van der Waals surface area (Å²) in [5.74, 6) is -3.25. The molecular formula is C15H18N2O4. The Bertz CT molecular complexity index is 632. The highest BCUT2D eigenvalue weighted by atomic mass is 16.4. The SMILES string of the molecule is C.NC1(N)C=CC(c2cccc(C(=O)O)c2)=CC1C(=O)O. The van der Waals surface area contributed by atoms with Crippen LogP contribution < -0.4 is 11.5 Å². The number of hydrogen-bond donors (Lipinski definition) is 4. The number of benzene rings is 1. The van der Waals surface area contributed by atoms with Gasteiger partial charge in [-0.3, -0.25) is 4.79 Å². The molecule has 1 aromatic rings. The van der Waals surface area contributed by atoms with Gasteiger partial charge in [0, 0.05) is 0 Å². The Morgan fingerprint density at radius 2 is 1.86 bits per heavy atom. The minimum atomic E-state index is -1.46. The van der Waals surface area contributed by atoms with Crippen molar-refractivity contribution in [1.29, 1.82) is 0 Å². The molecule has 0 fully saturated rings. The zero-order valence-electron chi connectivity index (χ0n) is 10.5. The number of carboxylic acid groups (broad SMARTS) is 2. The fourth-order valence-corrected chi connectivity index (χ4v) is 2.03. The van der Waals surface area contributed by atoms with Gasteiger partial charge in [0.15, 0.2) is 0 Å². The van der Waals surface area contributed by atoms with Crippen LogP contribution in [0.25, 0.3) is 5.57 Å². The Balaban J connectivity index is 0.00000220. The van der Waals surface area contributed by atoms with Crippen molar-refractivity contribution < 1.29 is 19.8 Å². The summed E-state index contributed by atoms with van der Waals surface area (Å²) in [4.78, 5) is 22.1. The van der Waals surface area contributed by atoms with E-state index in [0.29, 0.717) is 11.1 Å². The molecule has 21 heavy (non-hydrogen) atoms. The molecule has 1 atom stereocenters. The average Bonchev–Trinajstić information content (AvgIpc) is 2.38. The van der Waals surface area contributed by atoms with Crippen molar-refractivity contribution in [1.82, 2.24) is 0 Å². The Labute approximate surface area is 122 Å². The second-order valence-corrected chi connectivity index (χ2v) is 4.66. The van der Waals surface area contributed by atoms with Crippen LogP contribution in [0.5, 0.6) is 0 Å². The zero-order chi connectivity index (χ0) is 14.9. The lowest BCUT2D eigenvalue weighted by atomic mass is 9.84. The summed E-state index contributed by atoms with van der Waals surface area (Å²) in [6, 6.07) is 6.22. The van der Waals surface area contributed by atoms with Crippen LogP contribution in [-0.4, -0.2) is 27.8 Å². The fourth-order valence-electron chi connectivity index (χ4n) is 2.03.